The van der Waals surface area contributed by atoms with Crippen LogP contribution in [0.15, 0.2) is 71.6 Å². The van der Waals surface area contributed by atoms with E-state index in [2.05, 4.69) is 0 Å². The van der Waals surface area contributed by atoms with E-state index in [4.69, 9.17) is 4.74 Å². The number of rotatable bonds is 5. The van der Waals surface area contributed by atoms with Gasteiger partial charge in [-0.25, -0.2) is 8.42 Å². The fraction of sp³-hybridized carbons (Fsp3) is 0.158. The number of hydrogen-bond acceptors (Lipinski definition) is 3. The summed E-state index contributed by atoms with van der Waals surface area (Å²) in [6, 6.07) is 20.3. The van der Waals surface area contributed by atoms with E-state index in [0.717, 1.165) is 22.1 Å². The fourth-order valence-corrected chi connectivity index (χ4v) is 3.79. The predicted molar refractivity (Wildman–Crippen MR) is 95.6 cm³/mol. The molecule has 3 rings (SSSR count). The molecule has 0 unspecified atom stereocenters. The van der Waals surface area contributed by atoms with E-state index in [1.807, 2.05) is 48.5 Å². The van der Waals surface area contributed by atoms with Gasteiger partial charge < -0.3 is 4.74 Å². The summed E-state index contributed by atoms with van der Waals surface area (Å²) >= 11 is 0. The number of nitrogens with zero attached hydrogens (tertiary/aromatic N) is 1. The van der Waals surface area contributed by atoms with Gasteiger partial charge in [0.15, 0.2) is 0 Å². The van der Waals surface area contributed by atoms with Gasteiger partial charge in [-0.3, -0.25) is 0 Å². The maximum atomic E-state index is 12.8. The van der Waals surface area contributed by atoms with Gasteiger partial charge in [0.05, 0.1) is 12.0 Å². The molecule has 0 saturated carbocycles. The van der Waals surface area contributed by atoms with E-state index in [1.165, 1.54) is 4.31 Å². The molecule has 0 spiro atoms. The van der Waals surface area contributed by atoms with Gasteiger partial charge >= 0.3 is 0 Å². The first-order valence-corrected chi connectivity index (χ1v) is 9.03. The van der Waals surface area contributed by atoms with Crippen molar-refractivity contribution in [3.63, 3.8) is 0 Å². The predicted octanol–water partition coefficient (Wildman–Crippen LogP) is 3.67. The average molecular weight is 341 g/mol. The highest BCUT2D eigenvalue weighted by Gasteiger charge is 2.21. The molecule has 0 fully saturated rings. The molecule has 3 aromatic rings. The summed E-state index contributed by atoms with van der Waals surface area (Å²) < 4.78 is 32.2. The largest absolute Gasteiger partial charge is 0.497 e. The number of sulfonamides is 1. The number of benzene rings is 3. The van der Waals surface area contributed by atoms with Gasteiger partial charge in [0.1, 0.15) is 5.75 Å². The normalized spacial score (nSPS) is 11.8. The first-order valence-electron chi connectivity index (χ1n) is 7.59. The highest BCUT2D eigenvalue weighted by atomic mass is 32.2. The van der Waals surface area contributed by atoms with E-state index in [1.54, 1.807) is 32.4 Å². The third kappa shape index (κ3) is 3.27. The summed E-state index contributed by atoms with van der Waals surface area (Å²) in [5.74, 6) is 0.749. The van der Waals surface area contributed by atoms with Crippen molar-refractivity contribution in [2.24, 2.45) is 0 Å². The lowest BCUT2D eigenvalue weighted by Gasteiger charge is -2.17. The second kappa shape index (κ2) is 6.63. The van der Waals surface area contributed by atoms with Crippen molar-refractivity contribution in [2.45, 2.75) is 11.4 Å². The summed E-state index contributed by atoms with van der Waals surface area (Å²) in [7, 11) is -0.335. The van der Waals surface area contributed by atoms with E-state index in [0.29, 0.717) is 11.4 Å². The molecule has 0 saturated heterocycles. The Morgan fingerprint density at radius 1 is 0.917 bits per heavy atom. The maximum Gasteiger partial charge on any atom is 0.243 e. The molecule has 24 heavy (non-hydrogen) atoms. The Morgan fingerprint density at radius 2 is 1.58 bits per heavy atom. The summed E-state index contributed by atoms with van der Waals surface area (Å²) in [6.45, 7) is 0.337. The Balaban J connectivity index is 1.92. The zero-order chi connectivity index (χ0) is 17.2. The molecule has 0 bridgehead atoms. The van der Waals surface area contributed by atoms with Crippen LogP contribution in [0.1, 0.15) is 5.56 Å². The molecular formula is C19H19NO3S. The van der Waals surface area contributed by atoms with Crippen LogP contribution in [0.3, 0.4) is 0 Å². The van der Waals surface area contributed by atoms with E-state index < -0.39 is 10.0 Å². The van der Waals surface area contributed by atoms with Crippen LogP contribution in [0.25, 0.3) is 10.8 Å². The Hall–Kier alpha value is -2.37. The Kier molecular flexibility index (Phi) is 4.55. The first kappa shape index (κ1) is 16.5. The van der Waals surface area contributed by atoms with Crippen molar-refractivity contribution in [1.29, 1.82) is 0 Å². The molecule has 0 aliphatic carbocycles. The van der Waals surface area contributed by atoms with Crippen LogP contribution in [-0.4, -0.2) is 26.9 Å². The van der Waals surface area contributed by atoms with Gasteiger partial charge in [-0.1, -0.05) is 42.5 Å². The second-order valence-electron chi connectivity index (χ2n) is 5.62. The summed E-state index contributed by atoms with van der Waals surface area (Å²) in [5.41, 5.74) is 0.953. The van der Waals surface area contributed by atoms with E-state index in [-0.39, 0.29) is 0 Å². The van der Waals surface area contributed by atoms with Crippen LogP contribution < -0.4 is 4.74 Å². The lowest BCUT2D eigenvalue weighted by Crippen LogP contribution is -2.26. The van der Waals surface area contributed by atoms with Crippen molar-refractivity contribution >= 4 is 20.8 Å². The molecule has 0 aliphatic heterocycles. The lowest BCUT2D eigenvalue weighted by molar-refractivity contribution is 0.415. The molecule has 0 N–H and O–H groups in total. The van der Waals surface area contributed by atoms with Crippen LogP contribution in [0.4, 0.5) is 0 Å². The minimum atomic E-state index is -3.54. The standard InChI is InChI=1S/C19H19NO3S/c1-20(14-15-6-4-3-5-7-15)24(21,22)19-11-9-16-12-18(23-2)10-8-17(16)13-19/h3-13H,14H2,1-2H3. The average Bonchev–Trinajstić information content (AvgIpc) is 2.61. The molecule has 124 valence electrons. The van der Waals surface area contributed by atoms with Gasteiger partial charge in [-0.15, -0.1) is 0 Å². The van der Waals surface area contributed by atoms with Crippen molar-refractivity contribution in [3.8, 4) is 5.75 Å². The Labute approximate surface area is 142 Å². The van der Waals surface area contributed by atoms with Gasteiger partial charge in [-0.2, -0.15) is 4.31 Å². The second-order valence-corrected chi connectivity index (χ2v) is 7.67. The van der Waals surface area contributed by atoms with Crippen molar-refractivity contribution in [2.75, 3.05) is 14.2 Å². The van der Waals surface area contributed by atoms with Gasteiger partial charge in [0.25, 0.3) is 0 Å². The summed E-state index contributed by atoms with van der Waals surface area (Å²) in [5, 5.41) is 1.81. The van der Waals surface area contributed by atoms with Gasteiger partial charge in [0, 0.05) is 13.6 Å². The molecule has 0 radical (unpaired) electrons. The number of ether oxygens (including phenoxy) is 1. The smallest absolute Gasteiger partial charge is 0.243 e. The van der Waals surface area contributed by atoms with Crippen LogP contribution >= 0.6 is 0 Å². The molecule has 5 heteroatoms. The highest BCUT2D eigenvalue weighted by molar-refractivity contribution is 7.89. The molecule has 0 heterocycles. The fourth-order valence-electron chi connectivity index (χ4n) is 2.59. The minimum absolute atomic E-state index is 0.290. The third-order valence-electron chi connectivity index (χ3n) is 3.98. The SMILES string of the molecule is COc1ccc2cc(S(=O)(=O)N(C)Cc3ccccc3)ccc2c1. The molecule has 0 amide bonds. The Bertz CT molecular complexity index is 953. The van der Waals surface area contributed by atoms with Crippen molar-refractivity contribution in [1.82, 2.24) is 4.31 Å². The van der Waals surface area contributed by atoms with E-state index in [9.17, 15) is 8.42 Å². The number of methoxy groups -OCH3 is 1. The maximum absolute atomic E-state index is 12.8. The van der Waals surface area contributed by atoms with Gasteiger partial charge in [0.2, 0.25) is 10.0 Å². The quantitative estimate of drug-likeness (QED) is 0.711. The third-order valence-corrected chi connectivity index (χ3v) is 5.77. The zero-order valence-corrected chi connectivity index (χ0v) is 14.5. The minimum Gasteiger partial charge on any atom is -0.497 e. The van der Waals surface area contributed by atoms with E-state index >= 15 is 0 Å². The molecule has 0 aliphatic rings. The lowest BCUT2D eigenvalue weighted by atomic mass is 10.1. The molecule has 0 aromatic heterocycles. The Morgan fingerprint density at radius 3 is 2.29 bits per heavy atom. The number of hydrogen-bond donors (Lipinski definition) is 0. The topological polar surface area (TPSA) is 46.6 Å². The van der Waals surface area contributed by atoms with Crippen LogP contribution in [0, 0.1) is 0 Å². The van der Waals surface area contributed by atoms with Crippen molar-refractivity contribution < 1.29 is 13.2 Å². The molecular weight excluding hydrogens is 322 g/mol. The zero-order valence-electron chi connectivity index (χ0n) is 13.6. The van der Waals surface area contributed by atoms with Crippen molar-refractivity contribution in [3.05, 3.63) is 72.3 Å². The van der Waals surface area contributed by atoms with Crippen LogP contribution in [-0.2, 0) is 16.6 Å². The van der Waals surface area contributed by atoms with Crippen LogP contribution in [0.2, 0.25) is 0 Å². The number of fused-ring (bicyclic) bond motifs is 1. The summed E-state index contributed by atoms with van der Waals surface area (Å²) in [4.78, 5) is 0.290. The van der Waals surface area contributed by atoms with Crippen LogP contribution in [0.5, 0.6) is 5.75 Å². The van der Waals surface area contributed by atoms with Gasteiger partial charge in [-0.05, 0) is 40.6 Å². The molecule has 0 atom stereocenters. The highest BCUT2D eigenvalue weighted by Crippen LogP contribution is 2.25. The monoisotopic (exact) mass is 341 g/mol. The molecule has 3 aromatic carbocycles. The molecule has 4 nitrogen and oxygen atoms in total. The first-order chi connectivity index (χ1) is 11.5. The summed E-state index contributed by atoms with van der Waals surface area (Å²) in [6.07, 6.45) is 0.